The average Bonchev–Trinajstić information content (AvgIpc) is 1.83. The summed E-state index contributed by atoms with van der Waals surface area (Å²) in [7, 11) is 0. The fourth-order valence-corrected chi connectivity index (χ4v) is 0.685. The molecule has 0 rings (SSSR count). The highest BCUT2D eigenvalue weighted by Crippen LogP contribution is 2.35. The molecule has 73 valence electrons. The quantitative estimate of drug-likeness (QED) is 0.604. The van der Waals surface area contributed by atoms with E-state index in [2.05, 4.69) is 6.92 Å². The summed E-state index contributed by atoms with van der Waals surface area (Å²) in [6.07, 6.45) is -12.4. The molecule has 0 aromatic heterocycles. The topological polar surface area (TPSA) is 0 Å². The SMILES string of the molecule is [CH2]CC(F)C(C(F)F)C(F)(F)F. The van der Waals surface area contributed by atoms with Gasteiger partial charge in [0.15, 0.2) is 0 Å². The minimum atomic E-state index is -5.20. The average molecular weight is 193 g/mol. The third-order valence-corrected chi connectivity index (χ3v) is 1.31. The Labute approximate surface area is 65.6 Å². The van der Waals surface area contributed by atoms with Gasteiger partial charge in [-0.1, -0.05) is 6.92 Å². The number of alkyl halides is 6. The molecule has 2 atom stereocenters. The summed E-state index contributed by atoms with van der Waals surface area (Å²) < 4.78 is 70.6. The Balaban J connectivity index is 4.44. The van der Waals surface area contributed by atoms with Crippen molar-refractivity contribution < 1.29 is 26.3 Å². The maximum Gasteiger partial charge on any atom is 0.400 e. The van der Waals surface area contributed by atoms with E-state index in [0.29, 0.717) is 0 Å². The van der Waals surface area contributed by atoms with Crippen molar-refractivity contribution in [3.05, 3.63) is 6.92 Å². The molecule has 12 heavy (non-hydrogen) atoms. The molecule has 0 saturated carbocycles. The summed E-state index contributed by atoms with van der Waals surface area (Å²) >= 11 is 0. The molecule has 0 spiro atoms. The van der Waals surface area contributed by atoms with Crippen molar-refractivity contribution in [2.24, 2.45) is 5.92 Å². The Hall–Kier alpha value is -0.420. The molecule has 0 aromatic rings. The van der Waals surface area contributed by atoms with E-state index in [1.165, 1.54) is 0 Å². The Bertz CT molecular complexity index is 128. The molecule has 0 fully saturated rings. The van der Waals surface area contributed by atoms with Crippen molar-refractivity contribution in [1.29, 1.82) is 0 Å². The lowest BCUT2D eigenvalue weighted by Crippen LogP contribution is -2.37. The first-order valence-corrected chi connectivity index (χ1v) is 3.09. The van der Waals surface area contributed by atoms with Crippen molar-refractivity contribution >= 4 is 0 Å². The summed E-state index contributed by atoms with van der Waals surface area (Å²) in [6, 6.07) is 0. The van der Waals surface area contributed by atoms with Crippen LogP contribution in [0.4, 0.5) is 26.3 Å². The number of hydrogen-bond donors (Lipinski definition) is 0. The van der Waals surface area contributed by atoms with E-state index >= 15 is 0 Å². The summed E-state index contributed by atoms with van der Waals surface area (Å²) in [4.78, 5) is 0. The molecule has 0 aliphatic heterocycles. The molecule has 0 N–H and O–H groups in total. The molecule has 0 nitrogen and oxygen atoms in total. The van der Waals surface area contributed by atoms with Crippen LogP contribution in [0.1, 0.15) is 6.42 Å². The minimum Gasteiger partial charge on any atom is -0.247 e. The second-order valence-corrected chi connectivity index (χ2v) is 2.21. The van der Waals surface area contributed by atoms with E-state index in [4.69, 9.17) is 0 Å². The van der Waals surface area contributed by atoms with Crippen LogP contribution in [0.3, 0.4) is 0 Å². The Kier molecular flexibility index (Phi) is 3.86. The third kappa shape index (κ3) is 2.91. The molecule has 0 bridgehead atoms. The van der Waals surface area contributed by atoms with Crippen LogP contribution in [0, 0.1) is 12.8 Å². The lowest BCUT2D eigenvalue weighted by atomic mass is 10.0. The van der Waals surface area contributed by atoms with Gasteiger partial charge in [0.1, 0.15) is 12.1 Å². The predicted octanol–water partition coefficient (Wildman–Crippen LogP) is 2.99. The standard InChI is InChI=1S/C6H7F6/c1-2-3(7)4(5(8)9)6(10,11)12/h3-5H,1-2H2. The van der Waals surface area contributed by atoms with E-state index in [0.717, 1.165) is 0 Å². The van der Waals surface area contributed by atoms with E-state index in [1.54, 1.807) is 0 Å². The number of halogens is 6. The van der Waals surface area contributed by atoms with Crippen LogP contribution in [0.5, 0.6) is 0 Å². The minimum absolute atomic E-state index is 0.811. The number of rotatable bonds is 3. The van der Waals surface area contributed by atoms with Gasteiger partial charge in [0.05, 0.1) is 0 Å². The summed E-state index contributed by atoms with van der Waals surface area (Å²) in [5.41, 5.74) is 0. The molecule has 2 unspecified atom stereocenters. The van der Waals surface area contributed by atoms with E-state index in [1.807, 2.05) is 0 Å². The second-order valence-electron chi connectivity index (χ2n) is 2.21. The highest BCUT2D eigenvalue weighted by Gasteiger charge is 2.50. The Morgan fingerprint density at radius 2 is 1.50 bits per heavy atom. The Morgan fingerprint density at radius 1 is 1.08 bits per heavy atom. The van der Waals surface area contributed by atoms with Crippen molar-refractivity contribution in [3.63, 3.8) is 0 Å². The van der Waals surface area contributed by atoms with Gasteiger partial charge in [0, 0.05) is 0 Å². The van der Waals surface area contributed by atoms with Crippen LogP contribution in [0.25, 0.3) is 0 Å². The van der Waals surface area contributed by atoms with E-state index in [-0.39, 0.29) is 0 Å². The summed E-state index contributed by atoms with van der Waals surface area (Å²) in [5, 5.41) is 0. The summed E-state index contributed by atoms with van der Waals surface area (Å²) in [6.45, 7) is 2.79. The van der Waals surface area contributed by atoms with Gasteiger partial charge in [0.2, 0.25) is 0 Å². The van der Waals surface area contributed by atoms with Gasteiger partial charge in [-0.15, -0.1) is 0 Å². The van der Waals surface area contributed by atoms with Gasteiger partial charge in [-0.2, -0.15) is 13.2 Å². The summed E-state index contributed by atoms with van der Waals surface area (Å²) in [5.74, 6) is -3.21. The smallest absolute Gasteiger partial charge is 0.247 e. The largest absolute Gasteiger partial charge is 0.400 e. The first kappa shape index (κ1) is 11.6. The van der Waals surface area contributed by atoms with Crippen LogP contribution < -0.4 is 0 Å². The van der Waals surface area contributed by atoms with Crippen molar-refractivity contribution in [3.8, 4) is 0 Å². The van der Waals surface area contributed by atoms with Gasteiger partial charge in [-0.25, -0.2) is 13.2 Å². The van der Waals surface area contributed by atoms with Crippen LogP contribution >= 0.6 is 0 Å². The first-order valence-electron chi connectivity index (χ1n) is 3.09. The van der Waals surface area contributed by atoms with Gasteiger partial charge < -0.3 is 0 Å². The maximum atomic E-state index is 12.3. The van der Waals surface area contributed by atoms with Crippen LogP contribution in [-0.2, 0) is 0 Å². The van der Waals surface area contributed by atoms with Gasteiger partial charge in [0.25, 0.3) is 6.43 Å². The fourth-order valence-electron chi connectivity index (χ4n) is 0.685. The normalized spacial score (nSPS) is 18.0. The fraction of sp³-hybridized carbons (Fsp3) is 0.833. The molecule has 1 radical (unpaired) electrons. The molecule has 0 saturated heterocycles. The zero-order valence-electron chi connectivity index (χ0n) is 5.91. The molecule has 0 aliphatic carbocycles. The molecule has 0 aliphatic rings. The van der Waals surface area contributed by atoms with Gasteiger partial charge in [-0.05, 0) is 6.42 Å². The third-order valence-electron chi connectivity index (χ3n) is 1.31. The lowest BCUT2D eigenvalue weighted by molar-refractivity contribution is -0.223. The molecule has 0 amide bonds. The van der Waals surface area contributed by atoms with Crippen molar-refractivity contribution in [1.82, 2.24) is 0 Å². The van der Waals surface area contributed by atoms with Crippen LogP contribution in [-0.4, -0.2) is 18.8 Å². The predicted molar refractivity (Wildman–Crippen MR) is 30.4 cm³/mol. The zero-order valence-corrected chi connectivity index (χ0v) is 5.91. The molecular formula is C6H7F6. The van der Waals surface area contributed by atoms with Crippen molar-refractivity contribution in [2.45, 2.75) is 25.2 Å². The van der Waals surface area contributed by atoms with E-state index < -0.39 is 31.1 Å². The molecular weight excluding hydrogens is 186 g/mol. The monoisotopic (exact) mass is 193 g/mol. The molecule has 6 heteroatoms. The first-order chi connectivity index (χ1) is 5.30. The molecule has 0 heterocycles. The van der Waals surface area contributed by atoms with Crippen molar-refractivity contribution in [2.75, 3.05) is 0 Å². The van der Waals surface area contributed by atoms with Crippen LogP contribution in [0.2, 0.25) is 0 Å². The van der Waals surface area contributed by atoms with Gasteiger partial charge >= 0.3 is 6.18 Å². The number of hydrogen-bond acceptors (Lipinski definition) is 0. The van der Waals surface area contributed by atoms with Crippen LogP contribution in [0.15, 0.2) is 0 Å². The van der Waals surface area contributed by atoms with Gasteiger partial charge in [-0.3, -0.25) is 0 Å². The highest BCUT2D eigenvalue weighted by atomic mass is 19.4. The maximum absolute atomic E-state index is 12.3. The van der Waals surface area contributed by atoms with E-state index in [9.17, 15) is 26.3 Å². The molecule has 0 aromatic carbocycles. The lowest BCUT2D eigenvalue weighted by Gasteiger charge is -2.21. The Morgan fingerprint density at radius 3 is 1.58 bits per heavy atom. The zero-order chi connectivity index (χ0) is 9.94. The second kappa shape index (κ2) is 4.00. The highest BCUT2D eigenvalue weighted by molar-refractivity contribution is 4.78.